The Balaban J connectivity index is 1.87. The zero-order chi connectivity index (χ0) is 22.5. The summed E-state index contributed by atoms with van der Waals surface area (Å²) >= 11 is 0. The molecule has 0 saturated carbocycles. The summed E-state index contributed by atoms with van der Waals surface area (Å²) in [4.78, 5) is 14.4. The van der Waals surface area contributed by atoms with E-state index in [1.807, 2.05) is 6.20 Å². The van der Waals surface area contributed by atoms with E-state index < -0.39 is 0 Å². The van der Waals surface area contributed by atoms with Crippen LogP contribution in [0.25, 0.3) is 0 Å². The van der Waals surface area contributed by atoms with E-state index in [9.17, 15) is 0 Å². The normalized spacial score (nSPS) is 23.3. The summed E-state index contributed by atoms with van der Waals surface area (Å²) in [5, 5.41) is 0. The Morgan fingerprint density at radius 1 is 0.875 bits per heavy atom. The molecule has 3 atom stereocenters. The molecular weight excluding hydrogens is 392 g/mol. The van der Waals surface area contributed by atoms with E-state index in [2.05, 4.69) is 97.9 Å². The van der Waals surface area contributed by atoms with Crippen LogP contribution in [0.4, 0.5) is 22.9 Å². The van der Waals surface area contributed by atoms with Gasteiger partial charge in [-0.25, -0.2) is 9.97 Å². The van der Waals surface area contributed by atoms with Gasteiger partial charge in [-0.05, 0) is 61.3 Å². The molecule has 3 unspecified atom stereocenters. The smallest absolute Gasteiger partial charge is 0.162 e. The van der Waals surface area contributed by atoms with Gasteiger partial charge in [0.05, 0.1) is 6.20 Å². The third-order valence-electron chi connectivity index (χ3n) is 8.40. The van der Waals surface area contributed by atoms with Gasteiger partial charge in [0, 0.05) is 16.8 Å². The van der Waals surface area contributed by atoms with Crippen molar-refractivity contribution in [3.05, 3.63) is 72.2 Å². The van der Waals surface area contributed by atoms with Crippen LogP contribution >= 0.6 is 0 Å². The predicted molar refractivity (Wildman–Crippen MR) is 133 cm³/mol. The molecule has 0 aliphatic carbocycles. The number of hydrogen-bond donors (Lipinski definition) is 0. The van der Waals surface area contributed by atoms with Gasteiger partial charge in [0.2, 0.25) is 0 Å². The molecule has 0 N–H and O–H groups in total. The summed E-state index contributed by atoms with van der Waals surface area (Å²) < 4.78 is 0. The third-order valence-corrected chi connectivity index (χ3v) is 8.40. The van der Waals surface area contributed by atoms with Gasteiger partial charge in [-0.1, -0.05) is 64.1 Å². The van der Waals surface area contributed by atoms with E-state index in [0.717, 1.165) is 30.8 Å². The van der Waals surface area contributed by atoms with Crippen molar-refractivity contribution in [3.63, 3.8) is 0 Å². The molecule has 0 amide bonds. The largest absolute Gasteiger partial charge is 0.315 e. The Hall–Kier alpha value is -2.88. The van der Waals surface area contributed by atoms with Crippen LogP contribution in [0.5, 0.6) is 0 Å². The number of nitrogens with zero attached hydrogens (tertiary/aromatic N) is 4. The van der Waals surface area contributed by atoms with Crippen LogP contribution in [0, 0.1) is 18.3 Å². The van der Waals surface area contributed by atoms with Gasteiger partial charge in [0.1, 0.15) is 18.2 Å². The maximum Gasteiger partial charge on any atom is 0.162 e. The fourth-order valence-electron chi connectivity index (χ4n) is 6.65. The second-order valence-electron chi connectivity index (χ2n) is 9.43. The number of para-hydroxylation sites is 2. The summed E-state index contributed by atoms with van der Waals surface area (Å²) in [5.74, 6) is 2.05. The SMILES string of the molecule is CCC1c2ccccc2N2c3cncnc3N(c3ccccc3C)C2C(CC)(CC)C1C. The molecule has 0 fully saturated rings. The van der Waals surface area contributed by atoms with Crippen molar-refractivity contribution in [2.45, 2.75) is 66.0 Å². The number of rotatable bonds is 4. The lowest BCUT2D eigenvalue weighted by Crippen LogP contribution is -2.54. The van der Waals surface area contributed by atoms with Crippen LogP contribution in [-0.2, 0) is 0 Å². The first kappa shape index (κ1) is 21.0. The van der Waals surface area contributed by atoms with Gasteiger partial charge < -0.3 is 9.80 Å². The topological polar surface area (TPSA) is 32.3 Å². The molecule has 5 rings (SSSR count). The molecule has 2 aromatic carbocycles. The first-order valence-corrected chi connectivity index (χ1v) is 12.1. The number of aryl methyl sites for hydroxylation is 1. The van der Waals surface area contributed by atoms with Crippen molar-refractivity contribution in [1.82, 2.24) is 9.97 Å². The summed E-state index contributed by atoms with van der Waals surface area (Å²) in [6, 6.07) is 17.8. The lowest BCUT2D eigenvalue weighted by Gasteiger charge is -2.49. The molecule has 2 aliphatic heterocycles. The Morgan fingerprint density at radius 2 is 1.56 bits per heavy atom. The monoisotopic (exact) mass is 426 g/mol. The highest BCUT2D eigenvalue weighted by atomic mass is 15.5. The van der Waals surface area contributed by atoms with Crippen molar-refractivity contribution in [2.24, 2.45) is 11.3 Å². The Bertz CT molecular complexity index is 1120. The highest BCUT2D eigenvalue weighted by Gasteiger charge is 2.56. The molecule has 2 aliphatic rings. The molecule has 3 aromatic rings. The molecular formula is C28H34N4. The number of hydrogen-bond acceptors (Lipinski definition) is 4. The average molecular weight is 427 g/mol. The molecule has 4 heteroatoms. The van der Waals surface area contributed by atoms with Crippen LogP contribution in [0.1, 0.15) is 64.0 Å². The van der Waals surface area contributed by atoms with Crippen molar-refractivity contribution in [2.75, 3.05) is 9.80 Å². The highest BCUT2D eigenvalue weighted by Crippen LogP contribution is 2.61. The molecule has 1 aromatic heterocycles. The standard InChI is InChI=1S/C28H34N4/c1-6-21-20(5)28(7-2,8-3)27-31(24-16-12-10-14-22(21)24)25-17-29-18-30-26(25)32(27)23-15-11-9-13-19(23)4/h9-18,20-21,27H,6-8H2,1-5H3. The van der Waals surface area contributed by atoms with Gasteiger partial charge in [-0.3, -0.25) is 0 Å². The van der Waals surface area contributed by atoms with E-state index in [-0.39, 0.29) is 11.6 Å². The van der Waals surface area contributed by atoms with Gasteiger partial charge >= 0.3 is 0 Å². The van der Waals surface area contributed by atoms with Gasteiger partial charge in [0.15, 0.2) is 5.82 Å². The van der Waals surface area contributed by atoms with Crippen LogP contribution in [0.3, 0.4) is 0 Å². The van der Waals surface area contributed by atoms with E-state index in [4.69, 9.17) is 4.98 Å². The second kappa shape index (κ2) is 7.91. The molecule has 166 valence electrons. The maximum absolute atomic E-state index is 4.86. The van der Waals surface area contributed by atoms with Crippen molar-refractivity contribution in [1.29, 1.82) is 0 Å². The Kier molecular flexibility index (Phi) is 5.19. The maximum atomic E-state index is 4.86. The van der Waals surface area contributed by atoms with Crippen molar-refractivity contribution in [3.8, 4) is 0 Å². The third kappa shape index (κ3) is 2.74. The summed E-state index contributed by atoms with van der Waals surface area (Å²) in [7, 11) is 0. The fourth-order valence-corrected chi connectivity index (χ4v) is 6.65. The van der Waals surface area contributed by atoms with Crippen molar-refractivity contribution < 1.29 is 0 Å². The Labute approximate surface area is 192 Å². The van der Waals surface area contributed by atoms with E-state index in [1.165, 1.54) is 22.5 Å². The lowest BCUT2D eigenvalue weighted by molar-refractivity contribution is 0.102. The van der Waals surface area contributed by atoms with Crippen molar-refractivity contribution >= 4 is 22.9 Å². The predicted octanol–water partition coefficient (Wildman–Crippen LogP) is 7.35. The Morgan fingerprint density at radius 3 is 2.25 bits per heavy atom. The zero-order valence-electron chi connectivity index (χ0n) is 19.9. The fraction of sp³-hybridized carbons (Fsp3) is 0.429. The first-order valence-electron chi connectivity index (χ1n) is 12.1. The molecule has 32 heavy (non-hydrogen) atoms. The number of benzene rings is 2. The minimum Gasteiger partial charge on any atom is -0.315 e. The van der Waals surface area contributed by atoms with Crippen LogP contribution < -0.4 is 9.80 Å². The first-order chi connectivity index (χ1) is 15.6. The van der Waals surface area contributed by atoms with Gasteiger partial charge in [-0.15, -0.1) is 0 Å². The summed E-state index contributed by atoms with van der Waals surface area (Å²) in [6.07, 6.45) is 7.22. The number of aromatic nitrogens is 2. The molecule has 0 saturated heterocycles. The zero-order valence-corrected chi connectivity index (χ0v) is 19.9. The summed E-state index contributed by atoms with van der Waals surface area (Å²) in [6.45, 7) is 11.8. The average Bonchev–Trinajstić information content (AvgIpc) is 3.12. The van der Waals surface area contributed by atoms with Gasteiger partial charge in [-0.2, -0.15) is 0 Å². The molecule has 0 radical (unpaired) electrons. The minimum absolute atomic E-state index is 0.0860. The van der Waals surface area contributed by atoms with E-state index in [0.29, 0.717) is 11.8 Å². The minimum atomic E-state index is 0.0860. The van der Waals surface area contributed by atoms with Gasteiger partial charge in [0.25, 0.3) is 0 Å². The number of anilines is 4. The van der Waals surface area contributed by atoms with Crippen LogP contribution in [0.15, 0.2) is 61.1 Å². The number of fused-ring (bicyclic) bond motifs is 5. The molecule has 0 spiro atoms. The molecule has 3 heterocycles. The van der Waals surface area contributed by atoms with E-state index in [1.54, 1.807) is 6.33 Å². The molecule has 4 nitrogen and oxygen atoms in total. The van der Waals surface area contributed by atoms with Crippen LogP contribution in [-0.4, -0.2) is 16.1 Å². The van der Waals surface area contributed by atoms with Crippen LogP contribution in [0.2, 0.25) is 0 Å². The van der Waals surface area contributed by atoms with E-state index >= 15 is 0 Å². The second-order valence-corrected chi connectivity index (χ2v) is 9.43. The quantitative estimate of drug-likeness (QED) is 0.436. The molecule has 0 bridgehead atoms. The highest BCUT2D eigenvalue weighted by molar-refractivity contribution is 5.87. The lowest BCUT2D eigenvalue weighted by atomic mass is 9.63. The summed E-state index contributed by atoms with van der Waals surface area (Å²) in [5.41, 5.74) is 6.49.